The highest BCUT2D eigenvalue weighted by Crippen LogP contribution is 2.27. The molecule has 0 saturated carbocycles. The smallest absolute Gasteiger partial charge is 0.224 e. The van der Waals surface area contributed by atoms with E-state index >= 15 is 0 Å². The van der Waals surface area contributed by atoms with Crippen LogP contribution in [-0.2, 0) is 4.79 Å². The molecule has 26 heavy (non-hydrogen) atoms. The summed E-state index contributed by atoms with van der Waals surface area (Å²) < 4.78 is 0. The van der Waals surface area contributed by atoms with Gasteiger partial charge in [0.15, 0.2) is 0 Å². The van der Waals surface area contributed by atoms with Crippen molar-refractivity contribution >= 4 is 11.6 Å². The van der Waals surface area contributed by atoms with E-state index in [1.165, 1.54) is 0 Å². The second-order valence-corrected chi connectivity index (χ2v) is 6.29. The van der Waals surface area contributed by atoms with E-state index in [1.54, 1.807) is 0 Å². The minimum Gasteiger partial charge on any atom is -0.326 e. The fraction of sp³-hybridized carbons (Fsp3) is 0.381. The molecule has 2 aromatic rings. The fourth-order valence-corrected chi connectivity index (χ4v) is 2.89. The summed E-state index contributed by atoms with van der Waals surface area (Å²) in [5.41, 5.74) is 11.2. The number of nitrogens with zero attached hydrogens (tertiary/aromatic N) is 3. The van der Waals surface area contributed by atoms with E-state index in [0.29, 0.717) is 13.0 Å². The molecule has 0 aliphatic heterocycles. The molecular formula is C21H26N4O. The van der Waals surface area contributed by atoms with E-state index in [9.17, 15) is 4.79 Å². The van der Waals surface area contributed by atoms with Crippen molar-refractivity contribution in [1.82, 2.24) is 0 Å². The molecule has 2 aromatic carbocycles. The highest BCUT2D eigenvalue weighted by Gasteiger charge is 2.07. The summed E-state index contributed by atoms with van der Waals surface area (Å²) >= 11 is 0. The Bertz CT molecular complexity index is 724. The van der Waals surface area contributed by atoms with Gasteiger partial charge < -0.3 is 5.32 Å². The molecule has 136 valence electrons. The fourth-order valence-electron chi connectivity index (χ4n) is 2.89. The van der Waals surface area contributed by atoms with Crippen LogP contribution in [0.4, 0.5) is 5.69 Å². The Morgan fingerprint density at radius 3 is 2.31 bits per heavy atom. The average Bonchev–Trinajstić information content (AvgIpc) is 2.68. The lowest BCUT2D eigenvalue weighted by Gasteiger charge is -2.11. The summed E-state index contributed by atoms with van der Waals surface area (Å²) in [5, 5.41) is 6.57. The second kappa shape index (κ2) is 11.7. The highest BCUT2D eigenvalue weighted by atomic mass is 16.1. The molecule has 5 heteroatoms. The molecule has 0 aliphatic carbocycles. The molecule has 0 aromatic heterocycles. The Hall–Kier alpha value is -2.78. The number of carbonyl (C=O) groups excluding carboxylic acids is 1. The molecule has 0 atom stereocenters. The van der Waals surface area contributed by atoms with Crippen LogP contribution in [0.15, 0.2) is 59.7 Å². The van der Waals surface area contributed by atoms with E-state index in [0.717, 1.165) is 55.3 Å². The lowest BCUT2D eigenvalue weighted by Crippen LogP contribution is -2.11. The van der Waals surface area contributed by atoms with Crippen molar-refractivity contribution in [2.75, 3.05) is 11.9 Å². The van der Waals surface area contributed by atoms with Crippen LogP contribution in [0.1, 0.15) is 44.9 Å². The minimum atomic E-state index is 0.0664. The molecule has 1 amide bonds. The van der Waals surface area contributed by atoms with Gasteiger partial charge in [0.1, 0.15) is 0 Å². The van der Waals surface area contributed by atoms with Crippen LogP contribution in [0, 0.1) is 0 Å². The van der Waals surface area contributed by atoms with Crippen molar-refractivity contribution in [3.63, 3.8) is 0 Å². The largest absolute Gasteiger partial charge is 0.326 e. The number of azide groups is 1. The van der Waals surface area contributed by atoms with E-state index in [1.807, 2.05) is 54.6 Å². The van der Waals surface area contributed by atoms with Gasteiger partial charge in [-0.25, -0.2) is 0 Å². The van der Waals surface area contributed by atoms with Crippen LogP contribution in [0.3, 0.4) is 0 Å². The molecule has 0 aliphatic rings. The van der Waals surface area contributed by atoms with Gasteiger partial charge in [-0.05, 0) is 30.0 Å². The van der Waals surface area contributed by atoms with Gasteiger partial charge in [-0.2, -0.15) is 0 Å². The van der Waals surface area contributed by atoms with Crippen molar-refractivity contribution < 1.29 is 4.79 Å². The number of amides is 1. The molecule has 5 nitrogen and oxygen atoms in total. The third-order valence-electron chi connectivity index (χ3n) is 4.26. The third kappa shape index (κ3) is 6.99. The SMILES string of the molecule is [N-]=[N+]=NCCCCCCCCC(=O)Nc1ccccc1-c1ccccc1. The maximum atomic E-state index is 12.2. The van der Waals surface area contributed by atoms with Gasteiger partial charge in [-0.15, -0.1) is 0 Å². The second-order valence-electron chi connectivity index (χ2n) is 6.29. The van der Waals surface area contributed by atoms with Gasteiger partial charge in [0.2, 0.25) is 5.91 Å². The van der Waals surface area contributed by atoms with Crippen LogP contribution in [0.2, 0.25) is 0 Å². The molecule has 0 saturated heterocycles. The quantitative estimate of drug-likeness (QED) is 0.218. The molecule has 1 N–H and O–H groups in total. The Labute approximate surface area is 155 Å². The predicted molar refractivity (Wildman–Crippen MR) is 107 cm³/mol. The zero-order chi connectivity index (χ0) is 18.5. The van der Waals surface area contributed by atoms with Crippen LogP contribution in [-0.4, -0.2) is 12.5 Å². The summed E-state index contributed by atoms with van der Waals surface area (Å²) in [7, 11) is 0. The van der Waals surface area contributed by atoms with Crippen molar-refractivity contribution in [2.24, 2.45) is 5.11 Å². The number of para-hydroxylation sites is 1. The highest BCUT2D eigenvalue weighted by molar-refractivity contribution is 5.95. The summed E-state index contributed by atoms with van der Waals surface area (Å²) in [6.45, 7) is 0.583. The Balaban J connectivity index is 1.71. The predicted octanol–water partition coefficient (Wildman–Crippen LogP) is 6.33. The number of carbonyl (C=O) groups is 1. The lowest BCUT2D eigenvalue weighted by molar-refractivity contribution is -0.116. The van der Waals surface area contributed by atoms with Gasteiger partial charge in [0.25, 0.3) is 0 Å². The van der Waals surface area contributed by atoms with E-state index in [4.69, 9.17) is 5.53 Å². The van der Waals surface area contributed by atoms with Gasteiger partial charge in [0.05, 0.1) is 0 Å². The first-order valence-electron chi connectivity index (χ1n) is 9.26. The summed E-state index contributed by atoms with van der Waals surface area (Å²) in [4.78, 5) is 15.0. The van der Waals surface area contributed by atoms with Crippen molar-refractivity contribution in [1.29, 1.82) is 0 Å². The van der Waals surface area contributed by atoms with Crippen molar-refractivity contribution in [3.8, 4) is 11.1 Å². The van der Waals surface area contributed by atoms with Crippen LogP contribution < -0.4 is 5.32 Å². The molecule has 0 heterocycles. The van der Waals surface area contributed by atoms with E-state index in [-0.39, 0.29) is 5.91 Å². The average molecular weight is 350 g/mol. The topological polar surface area (TPSA) is 77.9 Å². The number of hydrogen-bond donors (Lipinski definition) is 1. The van der Waals surface area contributed by atoms with Gasteiger partial charge in [0, 0.05) is 29.1 Å². The molecule has 0 unspecified atom stereocenters. The lowest BCUT2D eigenvalue weighted by atomic mass is 10.0. The zero-order valence-corrected chi connectivity index (χ0v) is 15.1. The molecule has 0 spiro atoms. The summed E-state index contributed by atoms with van der Waals surface area (Å²) in [6.07, 6.45) is 6.76. The molecule has 0 bridgehead atoms. The number of rotatable bonds is 11. The first-order valence-corrected chi connectivity index (χ1v) is 9.26. The van der Waals surface area contributed by atoms with Gasteiger partial charge >= 0.3 is 0 Å². The van der Waals surface area contributed by atoms with Crippen LogP contribution >= 0.6 is 0 Å². The number of nitrogens with one attached hydrogen (secondary N) is 1. The Morgan fingerprint density at radius 1 is 0.885 bits per heavy atom. The molecule has 2 rings (SSSR count). The zero-order valence-electron chi connectivity index (χ0n) is 15.1. The number of benzene rings is 2. The van der Waals surface area contributed by atoms with Gasteiger partial charge in [-0.3, -0.25) is 4.79 Å². The third-order valence-corrected chi connectivity index (χ3v) is 4.26. The number of unbranched alkanes of at least 4 members (excludes halogenated alkanes) is 5. The molecular weight excluding hydrogens is 324 g/mol. The molecule has 0 fully saturated rings. The minimum absolute atomic E-state index is 0.0664. The van der Waals surface area contributed by atoms with E-state index < -0.39 is 0 Å². The van der Waals surface area contributed by atoms with Crippen molar-refractivity contribution in [3.05, 3.63) is 65.0 Å². The first kappa shape index (κ1) is 19.5. The number of hydrogen-bond acceptors (Lipinski definition) is 2. The maximum absolute atomic E-state index is 12.2. The maximum Gasteiger partial charge on any atom is 0.224 e. The summed E-state index contributed by atoms with van der Waals surface area (Å²) in [5.74, 6) is 0.0664. The first-order chi connectivity index (χ1) is 12.8. The summed E-state index contributed by atoms with van der Waals surface area (Å²) in [6, 6.07) is 18.0. The van der Waals surface area contributed by atoms with Crippen LogP contribution in [0.5, 0.6) is 0 Å². The monoisotopic (exact) mass is 350 g/mol. The standard InChI is InChI=1S/C21H26N4O/c22-25-23-17-11-4-2-1-3-8-16-21(26)24-20-15-10-9-14-19(20)18-12-6-5-7-13-18/h5-7,9-10,12-15H,1-4,8,11,16-17H2,(H,24,26). The normalized spacial score (nSPS) is 10.2. The Kier molecular flexibility index (Phi) is 8.81. The van der Waals surface area contributed by atoms with Crippen molar-refractivity contribution in [2.45, 2.75) is 44.9 Å². The number of anilines is 1. The van der Waals surface area contributed by atoms with Crippen LogP contribution in [0.25, 0.3) is 21.6 Å². The van der Waals surface area contributed by atoms with E-state index in [2.05, 4.69) is 15.3 Å². The molecule has 0 radical (unpaired) electrons. The Morgan fingerprint density at radius 2 is 1.54 bits per heavy atom. The van der Waals surface area contributed by atoms with Gasteiger partial charge in [-0.1, -0.05) is 79.3 Å².